The zero-order valence-electron chi connectivity index (χ0n) is 16.5. The fourth-order valence-corrected chi connectivity index (χ4v) is 4.39. The van der Waals surface area contributed by atoms with E-state index in [2.05, 4.69) is 5.32 Å². The van der Waals surface area contributed by atoms with Crippen LogP contribution >= 0.6 is 0 Å². The highest BCUT2D eigenvalue weighted by Crippen LogP contribution is 2.21. The van der Waals surface area contributed by atoms with Crippen molar-refractivity contribution in [1.29, 1.82) is 0 Å². The van der Waals surface area contributed by atoms with Gasteiger partial charge in [-0.25, -0.2) is 13.2 Å². The summed E-state index contributed by atoms with van der Waals surface area (Å²) in [4.78, 5) is 25.3. The summed E-state index contributed by atoms with van der Waals surface area (Å²) in [5.74, 6) is 0.145. The van der Waals surface area contributed by atoms with Crippen molar-refractivity contribution in [2.45, 2.75) is 37.8 Å². The molecule has 3 rings (SSSR count). The first kappa shape index (κ1) is 20.7. The Bertz CT molecular complexity index is 1190. The van der Waals surface area contributed by atoms with Crippen LogP contribution in [-0.2, 0) is 21.4 Å². The maximum Gasteiger partial charge on any atom is 0.343 e. The second-order valence-electron chi connectivity index (χ2n) is 6.68. The quantitative estimate of drug-likeness (QED) is 0.634. The smallest absolute Gasteiger partial charge is 0.343 e. The molecule has 1 aromatic heterocycles. The van der Waals surface area contributed by atoms with Crippen molar-refractivity contribution >= 4 is 27.0 Å². The number of para-hydroxylation sites is 2. The zero-order valence-corrected chi connectivity index (χ0v) is 17.3. The summed E-state index contributed by atoms with van der Waals surface area (Å²) in [7, 11) is -2.69. The number of methoxy groups -OCH3 is 1. The van der Waals surface area contributed by atoms with Gasteiger partial charge in [0.2, 0.25) is 5.91 Å². The summed E-state index contributed by atoms with van der Waals surface area (Å²) in [5.41, 5.74) is -0.208. The van der Waals surface area contributed by atoms with Crippen molar-refractivity contribution in [2.24, 2.45) is 0 Å². The molecule has 0 aliphatic heterocycles. The van der Waals surface area contributed by atoms with Gasteiger partial charge in [0.05, 0.1) is 23.0 Å². The molecule has 1 atom stereocenters. The number of rotatable bonds is 7. The zero-order chi connectivity index (χ0) is 21.2. The minimum Gasteiger partial charge on any atom is -0.497 e. The van der Waals surface area contributed by atoms with Crippen LogP contribution in [0.25, 0.3) is 11.0 Å². The van der Waals surface area contributed by atoms with Crippen LogP contribution in [-0.4, -0.2) is 36.0 Å². The number of imidazole rings is 1. The molecule has 1 N–H and O–H groups in total. The van der Waals surface area contributed by atoms with Crippen molar-refractivity contribution in [3.8, 4) is 5.75 Å². The number of hydrogen-bond acceptors (Lipinski definition) is 5. The molecule has 29 heavy (non-hydrogen) atoms. The van der Waals surface area contributed by atoms with Crippen LogP contribution < -0.4 is 15.7 Å². The Morgan fingerprint density at radius 1 is 1.10 bits per heavy atom. The molecule has 0 saturated heterocycles. The van der Waals surface area contributed by atoms with E-state index in [1.165, 1.54) is 35.9 Å². The predicted molar refractivity (Wildman–Crippen MR) is 110 cm³/mol. The van der Waals surface area contributed by atoms with Gasteiger partial charge in [0, 0.05) is 6.04 Å². The molecule has 9 heteroatoms. The molecule has 8 nitrogen and oxygen atoms in total. The standard InChI is InChI=1S/C20H23N3O5S/c1-4-14(2)21-19(24)13-22-17-7-5-6-8-18(17)23(20(22)25)29(26,27)16-11-9-15(28-3)10-12-16/h5-12,14H,4,13H2,1-3H3,(H,21,24). The van der Waals surface area contributed by atoms with E-state index in [1.807, 2.05) is 13.8 Å². The highest BCUT2D eigenvalue weighted by molar-refractivity contribution is 7.90. The molecule has 0 saturated carbocycles. The molecular formula is C20H23N3O5S. The summed E-state index contributed by atoms with van der Waals surface area (Å²) >= 11 is 0. The Hall–Kier alpha value is -3.07. The Morgan fingerprint density at radius 2 is 1.72 bits per heavy atom. The lowest BCUT2D eigenvalue weighted by molar-refractivity contribution is -0.122. The first-order valence-electron chi connectivity index (χ1n) is 9.18. The highest BCUT2D eigenvalue weighted by Gasteiger charge is 2.26. The van der Waals surface area contributed by atoms with Gasteiger partial charge in [-0.05, 0) is 49.7 Å². The Kier molecular flexibility index (Phi) is 5.78. The van der Waals surface area contributed by atoms with E-state index in [0.29, 0.717) is 11.3 Å². The van der Waals surface area contributed by atoms with Gasteiger partial charge in [-0.2, -0.15) is 3.97 Å². The Labute approximate surface area is 168 Å². The van der Waals surface area contributed by atoms with E-state index in [1.54, 1.807) is 24.3 Å². The molecule has 1 heterocycles. The molecule has 0 fully saturated rings. The van der Waals surface area contributed by atoms with Crippen LogP contribution in [0.3, 0.4) is 0 Å². The van der Waals surface area contributed by atoms with E-state index >= 15 is 0 Å². The van der Waals surface area contributed by atoms with Gasteiger partial charge in [0.1, 0.15) is 12.3 Å². The van der Waals surface area contributed by atoms with Crippen molar-refractivity contribution in [3.05, 3.63) is 59.0 Å². The Morgan fingerprint density at radius 3 is 2.31 bits per heavy atom. The third-order valence-electron chi connectivity index (χ3n) is 4.72. The molecule has 2 aromatic carbocycles. The van der Waals surface area contributed by atoms with Crippen molar-refractivity contribution in [3.63, 3.8) is 0 Å². The summed E-state index contributed by atoms with van der Waals surface area (Å²) in [6.07, 6.45) is 0.744. The average molecular weight is 417 g/mol. The number of benzene rings is 2. The molecule has 0 spiro atoms. The van der Waals surface area contributed by atoms with Gasteiger partial charge in [-0.1, -0.05) is 19.1 Å². The van der Waals surface area contributed by atoms with Crippen LogP contribution in [0.1, 0.15) is 20.3 Å². The van der Waals surface area contributed by atoms with E-state index in [4.69, 9.17) is 4.74 Å². The molecule has 154 valence electrons. The number of carbonyl (C=O) groups excluding carboxylic acids is 1. The molecule has 3 aromatic rings. The van der Waals surface area contributed by atoms with Gasteiger partial charge in [0.25, 0.3) is 10.0 Å². The van der Waals surface area contributed by atoms with Gasteiger partial charge >= 0.3 is 5.69 Å². The van der Waals surface area contributed by atoms with E-state index in [-0.39, 0.29) is 28.9 Å². The van der Waals surface area contributed by atoms with Gasteiger partial charge in [-0.15, -0.1) is 0 Å². The monoisotopic (exact) mass is 417 g/mol. The van der Waals surface area contributed by atoms with Gasteiger partial charge in [-0.3, -0.25) is 9.36 Å². The average Bonchev–Trinajstić information content (AvgIpc) is 3.00. The number of aromatic nitrogens is 2. The second kappa shape index (κ2) is 8.12. The fraction of sp³-hybridized carbons (Fsp3) is 0.300. The van der Waals surface area contributed by atoms with E-state index in [9.17, 15) is 18.0 Å². The van der Waals surface area contributed by atoms with Gasteiger partial charge in [0.15, 0.2) is 0 Å². The molecule has 0 bridgehead atoms. The summed E-state index contributed by atoms with van der Waals surface area (Å²) in [6, 6.07) is 12.2. The minimum absolute atomic E-state index is 0.0467. The fourth-order valence-electron chi connectivity index (χ4n) is 2.98. The molecule has 1 unspecified atom stereocenters. The number of nitrogens with one attached hydrogen (secondary N) is 1. The topological polar surface area (TPSA) is 99.4 Å². The SMILES string of the molecule is CCC(C)NC(=O)Cn1c(=O)n(S(=O)(=O)c2ccc(OC)cc2)c2ccccc21. The number of nitrogens with zero attached hydrogens (tertiary/aromatic N) is 2. The highest BCUT2D eigenvalue weighted by atomic mass is 32.2. The lowest BCUT2D eigenvalue weighted by Gasteiger charge is -2.11. The molecule has 0 aliphatic rings. The molecule has 1 amide bonds. The van der Waals surface area contributed by atoms with Crippen molar-refractivity contribution in [1.82, 2.24) is 13.9 Å². The van der Waals surface area contributed by atoms with Crippen LogP contribution in [0.2, 0.25) is 0 Å². The first-order valence-corrected chi connectivity index (χ1v) is 10.6. The summed E-state index contributed by atoms with van der Waals surface area (Å²) < 4.78 is 33.4. The number of ether oxygens (including phenoxy) is 1. The number of carbonyl (C=O) groups is 1. The third-order valence-corrected chi connectivity index (χ3v) is 6.42. The molecule has 0 aliphatic carbocycles. The van der Waals surface area contributed by atoms with Crippen LogP contribution in [0.5, 0.6) is 5.75 Å². The Balaban J connectivity index is 2.12. The first-order chi connectivity index (χ1) is 13.8. The van der Waals surface area contributed by atoms with Crippen molar-refractivity contribution < 1.29 is 17.9 Å². The second-order valence-corrected chi connectivity index (χ2v) is 8.47. The summed E-state index contributed by atoms with van der Waals surface area (Å²) in [5, 5.41) is 2.79. The summed E-state index contributed by atoms with van der Waals surface area (Å²) in [6.45, 7) is 3.53. The molecule has 0 radical (unpaired) electrons. The number of hydrogen-bond donors (Lipinski definition) is 1. The maximum atomic E-state index is 13.2. The van der Waals surface area contributed by atoms with Crippen LogP contribution in [0, 0.1) is 0 Å². The lowest BCUT2D eigenvalue weighted by atomic mass is 10.2. The molecular weight excluding hydrogens is 394 g/mol. The van der Waals surface area contributed by atoms with E-state index < -0.39 is 15.7 Å². The predicted octanol–water partition coefficient (Wildman–Crippen LogP) is 1.96. The van der Waals surface area contributed by atoms with E-state index in [0.717, 1.165) is 10.4 Å². The van der Waals surface area contributed by atoms with Crippen molar-refractivity contribution in [2.75, 3.05) is 7.11 Å². The normalized spacial score (nSPS) is 12.7. The van der Waals surface area contributed by atoms with Crippen LogP contribution in [0.4, 0.5) is 0 Å². The third kappa shape index (κ3) is 3.91. The van der Waals surface area contributed by atoms with Gasteiger partial charge < -0.3 is 10.1 Å². The lowest BCUT2D eigenvalue weighted by Crippen LogP contribution is -2.38. The number of fused-ring (bicyclic) bond motifs is 1. The van der Waals surface area contributed by atoms with Crippen LogP contribution in [0.15, 0.2) is 58.2 Å². The maximum absolute atomic E-state index is 13.2. The minimum atomic E-state index is -4.17. The largest absolute Gasteiger partial charge is 0.497 e. The number of amides is 1.